The highest BCUT2D eigenvalue weighted by Crippen LogP contribution is 2.48. The molecule has 0 bridgehead atoms. The number of rotatable bonds is 3. The average Bonchev–Trinajstić information content (AvgIpc) is 2.72. The second kappa shape index (κ2) is 6.90. The van der Waals surface area contributed by atoms with E-state index < -0.39 is 17.7 Å². The van der Waals surface area contributed by atoms with Gasteiger partial charge in [0, 0.05) is 5.69 Å². The molecule has 0 saturated heterocycles. The number of para-hydroxylation sites is 1. The fourth-order valence-electron chi connectivity index (χ4n) is 3.65. The Kier molecular flexibility index (Phi) is 4.40. The third kappa shape index (κ3) is 2.93. The summed E-state index contributed by atoms with van der Waals surface area (Å²) in [6.45, 7) is 0.0758. The molecule has 0 radical (unpaired) electrons. The maximum absolute atomic E-state index is 15.3. The standard InChI is InChI=1S/C23H16F2N2O/c24-23(25)21(18-12-10-16(14-26)11-13-18)19-8-4-5-9-20(19)27(22(23)28)15-17-6-2-1-3-7-17/h1-13,21H,15H2. The van der Waals surface area contributed by atoms with Gasteiger partial charge in [0.1, 0.15) is 0 Å². The van der Waals surface area contributed by atoms with E-state index in [1.807, 2.05) is 24.3 Å². The molecule has 5 heteroatoms. The highest BCUT2D eigenvalue weighted by atomic mass is 19.3. The number of hydrogen-bond acceptors (Lipinski definition) is 2. The third-order valence-corrected chi connectivity index (χ3v) is 4.99. The quantitative estimate of drug-likeness (QED) is 0.656. The largest absolute Gasteiger partial charge is 0.335 e. The number of amides is 1. The highest BCUT2D eigenvalue weighted by Gasteiger charge is 2.55. The minimum atomic E-state index is -3.60. The van der Waals surface area contributed by atoms with Gasteiger partial charge in [-0.3, -0.25) is 4.79 Å². The lowest BCUT2D eigenvalue weighted by atomic mass is 9.81. The summed E-state index contributed by atoms with van der Waals surface area (Å²) in [5.41, 5.74) is 2.35. The maximum Gasteiger partial charge on any atom is 0.335 e. The van der Waals surface area contributed by atoms with Crippen LogP contribution in [0.5, 0.6) is 0 Å². The summed E-state index contributed by atoms with van der Waals surface area (Å²) in [4.78, 5) is 14.0. The van der Waals surface area contributed by atoms with Gasteiger partial charge >= 0.3 is 5.92 Å². The first-order chi connectivity index (χ1) is 13.5. The number of hydrogen-bond donors (Lipinski definition) is 0. The minimum absolute atomic E-state index is 0.0758. The zero-order valence-corrected chi connectivity index (χ0v) is 14.8. The van der Waals surface area contributed by atoms with E-state index in [1.165, 1.54) is 24.3 Å². The molecule has 1 aliphatic rings. The van der Waals surface area contributed by atoms with Crippen molar-refractivity contribution in [1.82, 2.24) is 0 Å². The fraction of sp³-hybridized carbons (Fsp3) is 0.130. The Morgan fingerprint density at radius 1 is 0.929 bits per heavy atom. The Balaban J connectivity index is 1.83. The van der Waals surface area contributed by atoms with Gasteiger partial charge in [-0.25, -0.2) is 0 Å². The van der Waals surface area contributed by atoms with Crippen molar-refractivity contribution < 1.29 is 13.6 Å². The third-order valence-electron chi connectivity index (χ3n) is 4.99. The molecule has 1 aliphatic heterocycles. The lowest BCUT2D eigenvalue weighted by molar-refractivity contribution is -0.145. The summed E-state index contributed by atoms with van der Waals surface area (Å²) in [6, 6.07) is 23.8. The van der Waals surface area contributed by atoms with Crippen LogP contribution in [0.3, 0.4) is 0 Å². The van der Waals surface area contributed by atoms with E-state index in [1.54, 1.807) is 36.4 Å². The molecule has 1 atom stereocenters. The number of nitrogens with zero attached hydrogens (tertiary/aromatic N) is 2. The molecule has 4 rings (SSSR count). The van der Waals surface area contributed by atoms with E-state index in [9.17, 15) is 4.79 Å². The average molecular weight is 374 g/mol. The second-order valence-electron chi connectivity index (χ2n) is 6.73. The van der Waals surface area contributed by atoms with E-state index in [4.69, 9.17) is 5.26 Å². The van der Waals surface area contributed by atoms with Crippen molar-refractivity contribution in [3.05, 3.63) is 101 Å². The molecule has 0 fully saturated rings. The van der Waals surface area contributed by atoms with Crippen LogP contribution in [0.2, 0.25) is 0 Å². The van der Waals surface area contributed by atoms with Gasteiger partial charge < -0.3 is 4.90 Å². The van der Waals surface area contributed by atoms with Crippen molar-refractivity contribution in [3.8, 4) is 6.07 Å². The fourth-order valence-corrected chi connectivity index (χ4v) is 3.65. The van der Waals surface area contributed by atoms with Gasteiger partial charge in [-0.2, -0.15) is 14.0 Å². The zero-order valence-electron chi connectivity index (χ0n) is 14.8. The first-order valence-corrected chi connectivity index (χ1v) is 8.85. The highest BCUT2D eigenvalue weighted by molar-refractivity contribution is 6.02. The molecule has 1 heterocycles. The molecule has 3 aromatic rings. The Morgan fingerprint density at radius 2 is 1.57 bits per heavy atom. The van der Waals surface area contributed by atoms with E-state index in [-0.39, 0.29) is 6.54 Å². The molecule has 0 saturated carbocycles. The smallest absolute Gasteiger partial charge is 0.302 e. The van der Waals surface area contributed by atoms with Gasteiger partial charge in [0.15, 0.2) is 0 Å². The molecule has 0 spiro atoms. The molecule has 3 aromatic carbocycles. The molecular weight excluding hydrogens is 358 g/mol. The Hall–Kier alpha value is -3.52. The van der Waals surface area contributed by atoms with Crippen LogP contribution in [-0.4, -0.2) is 11.8 Å². The molecule has 0 N–H and O–H groups in total. The van der Waals surface area contributed by atoms with Crippen molar-refractivity contribution in [2.75, 3.05) is 4.90 Å². The summed E-state index contributed by atoms with van der Waals surface area (Å²) >= 11 is 0. The number of anilines is 1. The molecule has 1 amide bonds. The van der Waals surface area contributed by atoms with Gasteiger partial charge in [-0.1, -0.05) is 60.7 Å². The van der Waals surface area contributed by atoms with E-state index in [0.717, 1.165) is 10.5 Å². The summed E-state index contributed by atoms with van der Waals surface area (Å²) in [7, 11) is 0. The van der Waals surface area contributed by atoms with Crippen molar-refractivity contribution in [1.29, 1.82) is 5.26 Å². The van der Waals surface area contributed by atoms with Gasteiger partial charge in [0.2, 0.25) is 0 Å². The number of alkyl halides is 2. The molecule has 0 aromatic heterocycles. The van der Waals surface area contributed by atoms with Crippen molar-refractivity contribution >= 4 is 11.6 Å². The van der Waals surface area contributed by atoms with Gasteiger partial charge in [-0.05, 0) is 34.9 Å². The number of carbonyl (C=O) groups excluding carboxylic acids is 1. The lowest BCUT2D eigenvalue weighted by Crippen LogP contribution is -2.51. The Morgan fingerprint density at radius 3 is 2.25 bits per heavy atom. The van der Waals surface area contributed by atoms with Crippen LogP contribution in [0.15, 0.2) is 78.9 Å². The van der Waals surface area contributed by atoms with E-state index in [0.29, 0.717) is 22.4 Å². The summed E-state index contributed by atoms with van der Waals surface area (Å²) < 4.78 is 30.6. The van der Waals surface area contributed by atoms with E-state index in [2.05, 4.69) is 0 Å². The Labute approximate surface area is 161 Å². The van der Waals surface area contributed by atoms with Crippen molar-refractivity contribution in [3.63, 3.8) is 0 Å². The number of nitriles is 1. The molecule has 0 aliphatic carbocycles. The van der Waals surface area contributed by atoms with Crippen LogP contribution in [0, 0.1) is 11.3 Å². The predicted octanol–water partition coefficient (Wildman–Crippen LogP) is 4.87. The lowest BCUT2D eigenvalue weighted by Gasteiger charge is -2.39. The maximum atomic E-state index is 15.3. The van der Waals surface area contributed by atoms with E-state index >= 15 is 8.78 Å². The Bertz CT molecular complexity index is 1060. The first kappa shape index (κ1) is 17.9. The van der Waals surface area contributed by atoms with Crippen LogP contribution in [0.4, 0.5) is 14.5 Å². The predicted molar refractivity (Wildman–Crippen MR) is 102 cm³/mol. The van der Waals surface area contributed by atoms with Crippen LogP contribution in [-0.2, 0) is 11.3 Å². The summed E-state index contributed by atoms with van der Waals surface area (Å²) in [6.07, 6.45) is 0. The minimum Gasteiger partial charge on any atom is -0.302 e. The number of benzene rings is 3. The number of carbonyl (C=O) groups is 1. The van der Waals surface area contributed by atoms with Crippen LogP contribution in [0.25, 0.3) is 0 Å². The summed E-state index contributed by atoms with van der Waals surface area (Å²) in [5, 5.41) is 8.96. The second-order valence-corrected chi connectivity index (χ2v) is 6.73. The van der Waals surface area contributed by atoms with Crippen LogP contribution >= 0.6 is 0 Å². The first-order valence-electron chi connectivity index (χ1n) is 8.85. The van der Waals surface area contributed by atoms with Crippen LogP contribution in [0.1, 0.15) is 28.2 Å². The SMILES string of the molecule is N#Cc1ccc(C2c3ccccc3N(Cc3ccccc3)C(=O)C2(F)F)cc1. The zero-order chi connectivity index (χ0) is 19.7. The monoisotopic (exact) mass is 374 g/mol. The molecule has 3 nitrogen and oxygen atoms in total. The van der Waals surface area contributed by atoms with Crippen molar-refractivity contribution in [2.24, 2.45) is 0 Å². The molecule has 138 valence electrons. The van der Waals surface area contributed by atoms with Gasteiger partial charge in [0.25, 0.3) is 5.91 Å². The van der Waals surface area contributed by atoms with Gasteiger partial charge in [0.05, 0.1) is 24.1 Å². The van der Waals surface area contributed by atoms with Crippen LogP contribution < -0.4 is 4.90 Å². The van der Waals surface area contributed by atoms with Crippen molar-refractivity contribution in [2.45, 2.75) is 18.4 Å². The number of fused-ring (bicyclic) bond motifs is 1. The molecule has 28 heavy (non-hydrogen) atoms. The van der Waals surface area contributed by atoms with Gasteiger partial charge in [-0.15, -0.1) is 0 Å². The molecular formula is C23H16F2N2O. The molecule has 1 unspecified atom stereocenters. The summed E-state index contributed by atoms with van der Waals surface area (Å²) in [5.74, 6) is -6.21. The normalized spacial score (nSPS) is 17.7. The number of halogens is 2. The topological polar surface area (TPSA) is 44.1 Å².